The van der Waals surface area contributed by atoms with E-state index in [2.05, 4.69) is 4.98 Å². The van der Waals surface area contributed by atoms with Gasteiger partial charge in [0.2, 0.25) is 5.89 Å². The normalized spacial score (nSPS) is 11.8. The van der Waals surface area contributed by atoms with Crippen molar-refractivity contribution in [3.63, 3.8) is 0 Å². The van der Waals surface area contributed by atoms with Crippen molar-refractivity contribution >= 4 is 22.5 Å². The predicted octanol–water partition coefficient (Wildman–Crippen LogP) is 4.53. The third-order valence-electron chi connectivity index (χ3n) is 3.04. The van der Waals surface area contributed by atoms with Crippen LogP contribution in [0.1, 0.15) is 5.56 Å². The zero-order valence-corrected chi connectivity index (χ0v) is 11.6. The van der Waals surface area contributed by atoms with Gasteiger partial charge in [-0.3, -0.25) is 0 Å². The second kappa shape index (κ2) is 5.14. The Balaban J connectivity index is 2.22. The fraction of sp³-hybridized carbons (Fsp3) is 0.0667. The van der Waals surface area contributed by atoms with Crippen LogP contribution in [0.5, 0.6) is 0 Å². The molecule has 1 aromatic heterocycles. The summed E-state index contributed by atoms with van der Waals surface area (Å²) in [6.45, 7) is 0. The summed E-state index contributed by atoms with van der Waals surface area (Å²) in [7, 11) is 0. The molecule has 0 saturated carbocycles. The lowest BCUT2D eigenvalue weighted by Gasteiger charge is -2.08. The Kier molecular flexibility index (Phi) is 3.41. The van der Waals surface area contributed by atoms with E-state index in [0.29, 0.717) is 0 Å². The first-order valence-corrected chi connectivity index (χ1v) is 6.51. The maximum Gasteiger partial charge on any atom is 0.416 e. The van der Waals surface area contributed by atoms with Crippen molar-refractivity contribution in [1.29, 1.82) is 0 Å². The first-order chi connectivity index (χ1) is 10.4. The van der Waals surface area contributed by atoms with Crippen molar-refractivity contribution < 1.29 is 17.6 Å². The predicted molar refractivity (Wildman–Crippen MR) is 75.7 cm³/mol. The SMILES string of the molecule is O=c1oc(-c2cccc(C(F)(F)F)c2)nc2cccc(Cl)c12. The molecule has 0 amide bonds. The summed E-state index contributed by atoms with van der Waals surface area (Å²) in [4.78, 5) is 16.0. The minimum atomic E-state index is -4.49. The largest absolute Gasteiger partial charge is 0.416 e. The van der Waals surface area contributed by atoms with Crippen LogP contribution >= 0.6 is 11.6 Å². The van der Waals surface area contributed by atoms with Gasteiger partial charge in [0.15, 0.2) is 0 Å². The smallest absolute Gasteiger partial charge is 0.403 e. The third kappa shape index (κ3) is 2.57. The van der Waals surface area contributed by atoms with Crippen molar-refractivity contribution in [3.8, 4) is 11.5 Å². The summed E-state index contributed by atoms with van der Waals surface area (Å²) >= 11 is 5.90. The van der Waals surface area contributed by atoms with E-state index in [0.717, 1.165) is 12.1 Å². The standard InChI is InChI=1S/C15H7ClF3NO2/c16-10-5-2-6-11-12(10)14(21)22-13(20-11)8-3-1-4-9(7-8)15(17,18)19/h1-7H. The highest BCUT2D eigenvalue weighted by molar-refractivity contribution is 6.35. The van der Waals surface area contributed by atoms with E-state index < -0.39 is 17.4 Å². The van der Waals surface area contributed by atoms with Gasteiger partial charge < -0.3 is 4.42 Å². The van der Waals surface area contributed by atoms with E-state index in [9.17, 15) is 18.0 Å². The van der Waals surface area contributed by atoms with Gasteiger partial charge in [-0.25, -0.2) is 9.78 Å². The fourth-order valence-corrected chi connectivity index (χ4v) is 2.28. The lowest BCUT2D eigenvalue weighted by molar-refractivity contribution is -0.137. The van der Waals surface area contributed by atoms with E-state index in [1.54, 1.807) is 6.07 Å². The molecule has 3 aromatic rings. The van der Waals surface area contributed by atoms with Crippen LogP contribution < -0.4 is 5.63 Å². The molecule has 7 heteroatoms. The summed E-state index contributed by atoms with van der Waals surface area (Å²) in [5.74, 6) is -0.189. The molecule has 0 N–H and O–H groups in total. The van der Waals surface area contributed by atoms with E-state index in [1.165, 1.54) is 24.3 Å². The Morgan fingerprint density at radius 2 is 1.82 bits per heavy atom. The molecule has 0 aliphatic rings. The van der Waals surface area contributed by atoms with Gasteiger partial charge in [-0.05, 0) is 30.3 Å². The minimum absolute atomic E-state index is 0.0637. The highest BCUT2D eigenvalue weighted by atomic mass is 35.5. The zero-order valence-electron chi connectivity index (χ0n) is 10.8. The molecule has 1 heterocycles. The Morgan fingerprint density at radius 1 is 1.09 bits per heavy atom. The van der Waals surface area contributed by atoms with Crippen molar-refractivity contribution in [3.05, 3.63) is 63.5 Å². The number of benzene rings is 2. The number of alkyl halides is 3. The molecule has 0 radical (unpaired) electrons. The Bertz CT molecular complexity index is 919. The minimum Gasteiger partial charge on any atom is -0.403 e. The summed E-state index contributed by atoms with van der Waals surface area (Å²) < 4.78 is 43.2. The van der Waals surface area contributed by atoms with Crippen LogP contribution in [0.15, 0.2) is 51.7 Å². The van der Waals surface area contributed by atoms with Crippen LogP contribution in [0.4, 0.5) is 13.2 Å². The van der Waals surface area contributed by atoms with Gasteiger partial charge in [0, 0.05) is 5.56 Å². The molecule has 0 unspecified atom stereocenters. The van der Waals surface area contributed by atoms with Gasteiger partial charge in [0.25, 0.3) is 0 Å². The Hall–Kier alpha value is -2.34. The maximum absolute atomic E-state index is 12.7. The molecule has 0 aliphatic heterocycles. The van der Waals surface area contributed by atoms with Crippen LogP contribution in [-0.4, -0.2) is 4.98 Å². The number of halogens is 4. The van der Waals surface area contributed by atoms with Gasteiger partial charge in [0.05, 0.1) is 16.1 Å². The van der Waals surface area contributed by atoms with Crippen LogP contribution in [0.3, 0.4) is 0 Å². The van der Waals surface area contributed by atoms with Gasteiger partial charge in [-0.2, -0.15) is 13.2 Å². The monoisotopic (exact) mass is 325 g/mol. The molecule has 0 fully saturated rings. The molecule has 0 saturated heterocycles. The molecule has 0 atom stereocenters. The van der Waals surface area contributed by atoms with Gasteiger partial charge in [-0.1, -0.05) is 23.7 Å². The summed E-state index contributed by atoms with van der Waals surface area (Å²) in [5.41, 5.74) is -1.27. The second-order valence-electron chi connectivity index (χ2n) is 4.52. The van der Waals surface area contributed by atoms with Gasteiger partial charge in [0.1, 0.15) is 5.39 Å². The third-order valence-corrected chi connectivity index (χ3v) is 3.36. The van der Waals surface area contributed by atoms with Gasteiger partial charge >= 0.3 is 11.8 Å². The Morgan fingerprint density at radius 3 is 2.55 bits per heavy atom. The summed E-state index contributed by atoms with van der Waals surface area (Å²) in [6.07, 6.45) is -4.49. The van der Waals surface area contributed by atoms with Crippen molar-refractivity contribution in [2.24, 2.45) is 0 Å². The molecule has 22 heavy (non-hydrogen) atoms. The summed E-state index contributed by atoms with van der Waals surface area (Å²) in [6, 6.07) is 9.05. The quantitative estimate of drug-likeness (QED) is 0.660. The molecule has 0 bridgehead atoms. The number of rotatable bonds is 1. The fourth-order valence-electron chi connectivity index (χ4n) is 2.03. The lowest BCUT2D eigenvalue weighted by Crippen LogP contribution is -2.06. The van der Waals surface area contributed by atoms with Gasteiger partial charge in [-0.15, -0.1) is 0 Å². The van der Waals surface area contributed by atoms with E-state index in [4.69, 9.17) is 16.0 Å². The van der Waals surface area contributed by atoms with Crippen LogP contribution in [0.2, 0.25) is 5.02 Å². The highest BCUT2D eigenvalue weighted by Crippen LogP contribution is 2.32. The van der Waals surface area contributed by atoms with E-state index in [1.807, 2.05) is 0 Å². The van der Waals surface area contributed by atoms with Crippen molar-refractivity contribution in [2.75, 3.05) is 0 Å². The maximum atomic E-state index is 12.7. The van der Waals surface area contributed by atoms with E-state index >= 15 is 0 Å². The van der Waals surface area contributed by atoms with Crippen LogP contribution in [0.25, 0.3) is 22.4 Å². The summed E-state index contributed by atoms with van der Waals surface area (Å²) in [5, 5.41) is 0.272. The zero-order chi connectivity index (χ0) is 15.9. The number of aromatic nitrogens is 1. The number of nitrogens with zero attached hydrogens (tertiary/aromatic N) is 1. The first-order valence-electron chi connectivity index (χ1n) is 6.13. The Labute approximate surface area is 127 Å². The molecule has 2 aromatic carbocycles. The number of fused-ring (bicyclic) bond motifs is 1. The molecule has 3 rings (SSSR count). The van der Waals surface area contributed by atoms with Crippen LogP contribution in [-0.2, 0) is 6.18 Å². The number of hydrogen-bond donors (Lipinski definition) is 0. The molecular weight excluding hydrogens is 319 g/mol. The molecule has 112 valence electrons. The van der Waals surface area contributed by atoms with Crippen molar-refractivity contribution in [1.82, 2.24) is 4.98 Å². The molecule has 0 aliphatic carbocycles. The molecule has 0 spiro atoms. The van der Waals surface area contributed by atoms with E-state index in [-0.39, 0.29) is 27.4 Å². The first kappa shape index (κ1) is 14.6. The molecule has 3 nitrogen and oxygen atoms in total. The second-order valence-corrected chi connectivity index (χ2v) is 4.93. The topological polar surface area (TPSA) is 43.1 Å². The number of hydrogen-bond acceptors (Lipinski definition) is 3. The van der Waals surface area contributed by atoms with Crippen molar-refractivity contribution in [2.45, 2.75) is 6.18 Å². The highest BCUT2D eigenvalue weighted by Gasteiger charge is 2.30. The molecular formula is C15H7ClF3NO2. The van der Waals surface area contributed by atoms with Crippen LogP contribution in [0, 0.1) is 0 Å². The average Bonchev–Trinajstić information content (AvgIpc) is 2.46. The average molecular weight is 326 g/mol. The lowest BCUT2D eigenvalue weighted by atomic mass is 10.1.